The number of ether oxygens (including phenoxy) is 1. The highest BCUT2D eigenvalue weighted by Crippen LogP contribution is 2.48. The number of carboxylic acids is 1. The zero-order chi connectivity index (χ0) is 18.1. The quantitative estimate of drug-likeness (QED) is 0.798. The van der Waals surface area contributed by atoms with Gasteiger partial charge < -0.3 is 15.2 Å². The number of carbonyl (C=O) groups is 2. The number of halogens is 5. The van der Waals surface area contributed by atoms with Crippen LogP contribution < -0.4 is 10.1 Å². The Bertz CT molecular complexity index is 640. The van der Waals surface area contributed by atoms with Crippen LogP contribution in [0.5, 0.6) is 5.75 Å². The van der Waals surface area contributed by atoms with E-state index in [0.29, 0.717) is 0 Å². The van der Waals surface area contributed by atoms with Gasteiger partial charge in [0.1, 0.15) is 11.2 Å². The molecule has 0 radical (unpaired) electrons. The van der Waals surface area contributed by atoms with E-state index in [1.807, 2.05) is 0 Å². The predicted octanol–water partition coefficient (Wildman–Crippen LogP) is 2.45. The van der Waals surface area contributed by atoms with Crippen molar-refractivity contribution in [3.8, 4) is 5.75 Å². The van der Waals surface area contributed by atoms with Crippen LogP contribution in [0.2, 0.25) is 0 Å². The summed E-state index contributed by atoms with van der Waals surface area (Å²) in [6.07, 6.45) is -5.82. The van der Waals surface area contributed by atoms with E-state index in [9.17, 15) is 36.6 Å². The normalized spacial score (nSPS) is 23.5. The average molecular weight is 353 g/mol. The van der Waals surface area contributed by atoms with E-state index >= 15 is 0 Å². The van der Waals surface area contributed by atoms with Gasteiger partial charge in [-0.3, -0.25) is 9.59 Å². The Balaban J connectivity index is 2.22. The largest absolute Gasteiger partial charge is 0.481 e. The zero-order valence-electron chi connectivity index (χ0n) is 11.9. The van der Waals surface area contributed by atoms with E-state index in [-0.39, 0.29) is 24.2 Å². The summed E-state index contributed by atoms with van der Waals surface area (Å²) in [5, 5.41) is 11.1. The molecule has 1 aromatic carbocycles. The molecule has 132 valence electrons. The fourth-order valence-electron chi connectivity index (χ4n) is 2.72. The molecule has 0 aromatic heterocycles. The lowest BCUT2D eigenvalue weighted by molar-refractivity contribution is -0.176. The molecular weight excluding hydrogens is 341 g/mol. The standard InChI is InChI=1S/C14H12F5NO4/c15-12(16)24-9-4-2-1-3-8(9)13(11(22)23)5-7(6-13)20-10(21)14(17,18)19/h1-4,7,12H,5-6H2,(H,20,21)(H,22,23). The van der Waals surface area contributed by atoms with Crippen molar-refractivity contribution in [3.05, 3.63) is 29.8 Å². The fourth-order valence-corrected chi connectivity index (χ4v) is 2.72. The number of carbonyl (C=O) groups excluding carboxylic acids is 1. The van der Waals surface area contributed by atoms with Gasteiger partial charge in [0.2, 0.25) is 0 Å². The Morgan fingerprint density at radius 2 is 1.83 bits per heavy atom. The molecule has 0 bridgehead atoms. The third-order valence-corrected chi connectivity index (χ3v) is 3.81. The molecule has 1 amide bonds. The highest BCUT2D eigenvalue weighted by atomic mass is 19.4. The minimum absolute atomic E-state index is 0.0738. The number of benzene rings is 1. The summed E-state index contributed by atoms with van der Waals surface area (Å²) in [5.41, 5.74) is -1.77. The first kappa shape index (κ1) is 18.0. The summed E-state index contributed by atoms with van der Waals surface area (Å²) in [6.45, 7) is -3.18. The second kappa shape index (κ2) is 6.25. The van der Waals surface area contributed by atoms with Crippen molar-refractivity contribution < 1.29 is 41.4 Å². The van der Waals surface area contributed by atoms with Gasteiger partial charge in [-0.15, -0.1) is 0 Å². The van der Waals surface area contributed by atoms with Gasteiger partial charge in [0, 0.05) is 11.6 Å². The van der Waals surface area contributed by atoms with E-state index < -0.39 is 36.1 Å². The lowest BCUT2D eigenvalue weighted by atomic mass is 9.61. The molecule has 1 fully saturated rings. The van der Waals surface area contributed by atoms with E-state index in [1.54, 1.807) is 5.32 Å². The van der Waals surface area contributed by atoms with Gasteiger partial charge in [0.05, 0.1) is 0 Å². The molecule has 0 unspecified atom stereocenters. The van der Waals surface area contributed by atoms with Crippen LogP contribution in [0, 0.1) is 0 Å². The van der Waals surface area contributed by atoms with Crippen molar-refractivity contribution in [1.82, 2.24) is 5.32 Å². The smallest absolute Gasteiger partial charge is 0.471 e. The molecule has 0 aliphatic heterocycles. The maximum absolute atomic E-state index is 12.4. The van der Waals surface area contributed by atoms with Crippen molar-refractivity contribution in [3.63, 3.8) is 0 Å². The van der Waals surface area contributed by atoms with Crippen LogP contribution >= 0.6 is 0 Å². The van der Waals surface area contributed by atoms with Crippen molar-refractivity contribution >= 4 is 11.9 Å². The topological polar surface area (TPSA) is 75.6 Å². The van der Waals surface area contributed by atoms with Crippen LogP contribution in [0.3, 0.4) is 0 Å². The van der Waals surface area contributed by atoms with Crippen molar-refractivity contribution in [2.24, 2.45) is 0 Å². The fraction of sp³-hybridized carbons (Fsp3) is 0.429. The molecule has 1 aliphatic carbocycles. The number of hydrogen-bond acceptors (Lipinski definition) is 3. The molecular formula is C14H12F5NO4. The zero-order valence-corrected chi connectivity index (χ0v) is 11.9. The summed E-state index contributed by atoms with van der Waals surface area (Å²) in [4.78, 5) is 22.5. The molecule has 0 spiro atoms. The lowest BCUT2D eigenvalue weighted by Crippen LogP contribution is -2.58. The number of aliphatic carboxylic acids is 1. The monoisotopic (exact) mass is 353 g/mol. The summed E-state index contributed by atoms with van der Waals surface area (Å²) < 4.78 is 65.8. The molecule has 1 aliphatic rings. The highest BCUT2D eigenvalue weighted by molar-refractivity contribution is 5.86. The van der Waals surface area contributed by atoms with Gasteiger partial charge >= 0.3 is 24.7 Å². The van der Waals surface area contributed by atoms with Crippen molar-refractivity contribution in [2.75, 3.05) is 0 Å². The van der Waals surface area contributed by atoms with Crippen molar-refractivity contribution in [2.45, 2.75) is 37.1 Å². The first-order chi connectivity index (χ1) is 11.1. The molecule has 0 atom stereocenters. The van der Waals surface area contributed by atoms with E-state index in [4.69, 9.17) is 0 Å². The maximum atomic E-state index is 12.4. The molecule has 2 rings (SSSR count). The molecule has 1 saturated carbocycles. The van der Waals surface area contributed by atoms with Gasteiger partial charge in [-0.2, -0.15) is 22.0 Å². The second-order valence-electron chi connectivity index (χ2n) is 5.34. The van der Waals surface area contributed by atoms with Crippen molar-refractivity contribution in [1.29, 1.82) is 0 Å². The molecule has 0 heterocycles. The first-order valence-corrected chi connectivity index (χ1v) is 6.71. The van der Waals surface area contributed by atoms with Gasteiger partial charge in [-0.1, -0.05) is 18.2 Å². The maximum Gasteiger partial charge on any atom is 0.471 e. The number of hydrogen-bond donors (Lipinski definition) is 2. The van der Waals surface area contributed by atoms with Gasteiger partial charge in [-0.25, -0.2) is 0 Å². The summed E-state index contributed by atoms with van der Waals surface area (Å²) in [6, 6.07) is 4.13. The Hall–Kier alpha value is -2.39. The number of nitrogens with one attached hydrogen (secondary N) is 1. The van der Waals surface area contributed by atoms with E-state index in [2.05, 4.69) is 4.74 Å². The SMILES string of the molecule is O=C(NC1CC(C(=O)O)(c2ccccc2OC(F)F)C1)C(F)(F)F. The molecule has 5 nitrogen and oxygen atoms in total. The van der Waals surface area contributed by atoms with E-state index in [1.165, 1.54) is 18.2 Å². The Kier molecular flexibility index (Phi) is 4.68. The number of alkyl halides is 5. The van der Waals surface area contributed by atoms with Crippen LogP contribution in [0.4, 0.5) is 22.0 Å². The molecule has 10 heteroatoms. The average Bonchev–Trinajstić information content (AvgIpc) is 2.41. The van der Waals surface area contributed by atoms with E-state index in [0.717, 1.165) is 6.07 Å². The van der Waals surface area contributed by atoms with Gasteiger partial charge in [0.25, 0.3) is 0 Å². The second-order valence-corrected chi connectivity index (χ2v) is 5.34. The number of carboxylic acid groups (broad SMARTS) is 1. The van der Waals surface area contributed by atoms with Crippen LogP contribution in [0.25, 0.3) is 0 Å². The number of rotatable bonds is 5. The minimum atomic E-state index is -5.09. The Morgan fingerprint density at radius 3 is 2.33 bits per heavy atom. The van der Waals surface area contributed by atoms with Crippen LogP contribution in [0.15, 0.2) is 24.3 Å². The van der Waals surface area contributed by atoms with Gasteiger partial charge in [-0.05, 0) is 18.9 Å². The molecule has 24 heavy (non-hydrogen) atoms. The van der Waals surface area contributed by atoms with Gasteiger partial charge in [0.15, 0.2) is 0 Å². The number of amides is 1. The first-order valence-electron chi connectivity index (χ1n) is 6.71. The van der Waals surface area contributed by atoms with Crippen LogP contribution in [0.1, 0.15) is 18.4 Å². The summed E-state index contributed by atoms with van der Waals surface area (Å²) in [5.74, 6) is -3.94. The summed E-state index contributed by atoms with van der Waals surface area (Å²) >= 11 is 0. The number of para-hydroxylation sites is 1. The lowest BCUT2D eigenvalue weighted by Gasteiger charge is -2.45. The molecule has 0 saturated heterocycles. The third-order valence-electron chi connectivity index (χ3n) is 3.81. The minimum Gasteiger partial charge on any atom is -0.481 e. The highest BCUT2D eigenvalue weighted by Gasteiger charge is 2.55. The third kappa shape index (κ3) is 3.41. The van der Waals surface area contributed by atoms with Crippen LogP contribution in [-0.4, -0.2) is 35.8 Å². The Morgan fingerprint density at radius 1 is 1.25 bits per heavy atom. The Labute approximate surface area is 132 Å². The molecule has 1 aromatic rings. The predicted molar refractivity (Wildman–Crippen MR) is 69.6 cm³/mol. The summed E-state index contributed by atoms with van der Waals surface area (Å²) in [7, 11) is 0. The molecule has 2 N–H and O–H groups in total. The van der Waals surface area contributed by atoms with Crippen LogP contribution in [-0.2, 0) is 15.0 Å².